The molecule has 1 aromatic carbocycles. The fraction of sp³-hybridized carbons (Fsp3) is 0.515. The number of pyridine rings is 1. The summed E-state index contributed by atoms with van der Waals surface area (Å²) in [6.07, 6.45) is 6.20. The van der Waals surface area contributed by atoms with Crippen molar-refractivity contribution < 1.29 is 22.7 Å². The first-order chi connectivity index (χ1) is 22.2. The molecule has 4 heterocycles. The molecule has 2 aromatic heterocycles. The Labute approximate surface area is 289 Å². The summed E-state index contributed by atoms with van der Waals surface area (Å²) in [6.45, 7) is 8.46. The van der Waals surface area contributed by atoms with Crippen molar-refractivity contribution in [3.63, 3.8) is 0 Å². The molecule has 1 unspecified atom stereocenters. The van der Waals surface area contributed by atoms with Crippen LogP contribution in [-0.4, -0.2) is 105 Å². The van der Waals surface area contributed by atoms with Gasteiger partial charge in [-0.05, 0) is 91.4 Å². The van der Waals surface area contributed by atoms with E-state index < -0.39 is 32.8 Å². The number of imidazole rings is 1. The zero-order valence-electron chi connectivity index (χ0n) is 27.0. The number of ether oxygens (including phenoxy) is 1. The number of fused-ring (bicyclic) bond motifs is 2. The van der Waals surface area contributed by atoms with E-state index in [4.69, 9.17) is 21.3 Å². The van der Waals surface area contributed by atoms with Crippen LogP contribution in [0.1, 0.15) is 54.9 Å². The molecule has 252 valence electrons. The smallest absolute Gasteiger partial charge is 0.411 e. The highest BCUT2D eigenvalue weighted by Crippen LogP contribution is 2.39. The average molecular weight is 748 g/mol. The van der Waals surface area contributed by atoms with Crippen molar-refractivity contribution in [2.75, 3.05) is 38.5 Å². The molecular weight excluding hydrogens is 708 g/mol. The van der Waals surface area contributed by atoms with Crippen LogP contribution < -0.4 is 0 Å². The second kappa shape index (κ2) is 13.1. The van der Waals surface area contributed by atoms with Crippen LogP contribution in [0, 0.1) is 6.92 Å². The number of piperazine rings is 1. The molecule has 2 amide bonds. The number of halogens is 2. The molecule has 11 nitrogen and oxygen atoms in total. The van der Waals surface area contributed by atoms with Crippen LogP contribution in [-0.2, 0) is 38.8 Å². The first kappa shape index (κ1) is 33.9. The SMILES string of the molecule is Cc1cn(CC2CN(C(=O)[C@H]3CN([C@H]4c5ccc(Cl)cc5CCc5cc(Br)cnc54)CCN3C(=O)OC(C)(C)C)CCS2(=O)=O)cn1. The number of hydrogen-bond donors (Lipinski definition) is 0. The topological polar surface area (TPSA) is 118 Å². The highest BCUT2D eigenvalue weighted by atomic mass is 79.9. The molecular formula is C33H40BrClN6O5S. The summed E-state index contributed by atoms with van der Waals surface area (Å²) in [5.41, 5.74) is 4.23. The number of hydrogen-bond acceptors (Lipinski definition) is 8. The summed E-state index contributed by atoms with van der Waals surface area (Å²) in [5.74, 6) is -0.445. The summed E-state index contributed by atoms with van der Waals surface area (Å²) in [4.78, 5) is 42.6. The minimum absolute atomic E-state index is 0.0280. The van der Waals surface area contributed by atoms with E-state index in [-0.39, 0.29) is 50.4 Å². The predicted octanol–water partition coefficient (Wildman–Crippen LogP) is 4.44. The van der Waals surface area contributed by atoms with Gasteiger partial charge in [-0.15, -0.1) is 0 Å². The molecule has 6 rings (SSSR count). The van der Waals surface area contributed by atoms with E-state index >= 15 is 0 Å². The summed E-state index contributed by atoms with van der Waals surface area (Å²) in [6, 6.07) is 6.85. The van der Waals surface area contributed by atoms with Gasteiger partial charge in [0.2, 0.25) is 5.91 Å². The molecule has 0 N–H and O–H groups in total. The fourth-order valence-corrected chi connectivity index (χ4v) is 9.00. The van der Waals surface area contributed by atoms with Gasteiger partial charge < -0.3 is 14.2 Å². The Morgan fingerprint density at radius 3 is 2.55 bits per heavy atom. The van der Waals surface area contributed by atoms with Crippen LogP contribution in [0.5, 0.6) is 0 Å². The number of carbonyl (C=O) groups is 2. The van der Waals surface area contributed by atoms with Gasteiger partial charge in [-0.25, -0.2) is 18.2 Å². The maximum Gasteiger partial charge on any atom is 0.411 e. The number of sulfone groups is 1. The summed E-state index contributed by atoms with van der Waals surface area (Å²) < 4.78 is 34.7. The number of aromatic nitrogens is 3. The first-order valence-electron chi connectivity index (χ1n) is 15.8. The number of aryl methyl sites for hydroxylation is 3. The van der Waals surface area contributed by atoms with Crippen LogP contribution in [0.15, 0.2) is 47.5 Å². The minimum Gasteiger partial charge on any atom is -0.444 e. The van der Waals surface area contributed by atoms with Gasteiger partial charge in [0.15, 0.2) is 9.84 Å². The lowest BCUT2D eigenvalue weighted by molar-refractivity contribution is -0.139. The van der Waals surface area contributed by atoms with Gasteiger partial charge in [-0.2, -0.15) is 0 Å². The number of carbonyl (C=O) groups excluding carboxylic acids is 2. The minimum atomic E-state index is -3.45. The van der Waals surface area contributed by atoms with E-state index in [1.165, 1.54) is 4.90 Å². The number of amides is 2. The van der Waals surface area contributed by atoms with Crippen molar-refractivity contribution in [2.45, 2.75) is 70.0 Å². The van der Waals surface area contributed by atoms with E-state index in [1.54, 1.807) is 49.0 Å². The monoisotopic (exact) mass is 746 g/mol. The Hall–Kier alpha value is -3.00. The molecule has 14 heteroatoms. The van der Waals surface area contributed by atoms with Crippen LogP contribution in [0.25, 0.3) is 0 Å². The van der Waals surface area contributed by atoms with Gasteiger partial charge in [0.25, 0.3) is 0 Å². The van der Waals surface area contributed by atoms with E-state index in [2.05, 4.69) is 31.9 Å². The van der Waals surface area contributed by atoms with Crippen LogP contribution in [0.2, 0.25) is 5.02 Å². The summed E-state index contributed by atoms with van der Waals surface area (Å²) >= 11 is 10.0. The van der Waals surface area contributed by atoms with E-state index in [0.717, 1.165) is 45.4 Å². The molecule has 3 aliphatic rings. The molecule has 0 bridgehead atoms. The first-order valence-corrected chi connectivity index (χ1v) is 18.7. The number of rotatable bonds is 4. The average Bonchev–Trinajstić information content (AvgIpc) is 3.34. The zero-order valence-corrected chi connectivity index (χ0v) is 30.2. The van der Waals surface area contributed by atoms with Crippen molar-refractivity contribution in [3.05, 3.63) is 80.6 Å². The van der Waals surface area contributed by atoms with E-state index in [1.807, 2.05) is 25.1 Å². The molecule has 2 aliphatic heterocycles. The molecule has 3 aromatic rings. The van der Waals surface area contributed by atoms with Gasteiger partial charge >= 0.3 is 6.09 Å². The Morgan fingerprint density at radius 1 is 1.06 bits per heavy atom. The molecule has 1 aliphatic carbocycles. The third-order valence-electron chi connectivity index (χ3n) is 9.05. The van der Waals surface area contributed by atoms with Crippen molar-refractivity contribution in [2.24, 2.45) is 0 Å². The van der Waals surface area contributed by atoms with E-state index in [0.29, 0.717) is 11.6 Å². The molecule has 0 radical (unpaired) electrons. The molecule has 0 spiro atoms. The van der Waals surface area contributed by atoms with Crippen molar-refractivity contribution in [1.82, 2.24) is 29.2 Å². The predicted molar refractivity (Wildman–Crippen MR) is 182 cm³/mol. The highest BCUT2D eigenvalue weighted by Gasteiger charge is 2.45. The third kappa shape index (κ3) is 7.38. The van der Waals surface area contributed by atoms with Gasteiger partial charge in [0.05, 0.1) is 34.8 Å². The molecule has 47 heavy (non-hydrogen) atoms. The molecule has 0 saturated carbocycles. The second-order valence-electron chi connectivity index (χ2n) is 13.6. The second-order valence-corrected chi connectivity index (χ2v) is 17.4. The zero-order chi connectivity index (χ0) is 33.7. The van der Waals surface area contributed by atoms with Crippen LogP contribution in [0.4, 0.5) is 4.79 Å². The van der Waals surface area contributed by atoms with Gasteiger partial charge in [0, 0.05) is 61.2 Å². The standard InChI is InChI=1S/C33H40BrClN6O5S/c1-21-16-38(20-37-21)17-26-18-40(11-12-47(26,44)45)31(42)28-19-39(9-10-41(28)32(43)46-33(2,3)4)30-27-8-7-25(35)14-22(27)5-6-23-13-24(34)15-36-29(23)30/h7-8,13-16,20,26,28,30H,5-6,9-12,17-19H2,1-4H3/t26?,28-,30+/m1/s1. The van der Waals surface area contributed by atoms with Gasteiger partial charge in [-0.3, -0.25) is 19.6 Å². The highest BCUT2D eigenvalue weighted by molar-refractivity contribution is 9.10. The van der Waals surface area contributed by atoms with Gasteiger partial charge in [-0.1, -0.05) is 17.7 Å². The number of benzene rings is 1. The van der Waals surface area contributed by atoms with Gasteiger partial charge in [0.1, 0.15) is 11.6 Å². The van der Waals surface area contributed by atoms with Crippen molar-refractivity contribution in [1.29, 1.82) is 0 Å². The lowest BCUT2D eigenvalue weighted by Gasteiger charge is -2.46. The molecule has 3 atom stereocenters. The largest absolute Gasteiger partial charge is 0.444 e. The Kier molecular flexibility index (Phi) is 9.47. The maximum atomic E-state index is 14.5. The maximum absolute atomic E-state index is 14.5. The lowest BCUT2D eigenvalue weighted by Crippen LogP contribution is -2.64. The molecule has 2 fully saturated rings. The fourth-order valence-electron chi connectivity index (χ4n) is 6.81. The van der Waals surface area contributed by atoms with Crippen molar-refractivity contribution in [3.8, 4) is 0 Å². The quantitative estimate of drug-likeness (QED) is 0.385. The van der Waals surface area contributed by atoms with Crippen molar-refractivity contribution >= 4 is 49.4 Å². The van der Waals surface area contributed by atoms with E-state index in [9.17, 15) is 18.0 Å². The Morgan fingerprint density at radius 2 is 1.83 bits per heavy atom. The normalized spacial score (nSPS) is 23.1. The number of nitrogens with zero attached hydrogens (tertiary/aromatic N) is 6. The summed E-state index contributed by atoms with van der Waals surface area (Å²) in [5, 5.41) is -0.137. The Bertz CT molecular complexity index is 1740. The molecule has 2 saturated heterocycles. The third-order valence-corrected chi connectivity index (χ3v) is 11.8. The summed E-state index contributed by atoms with van der Waals surface area (Å²) in [7, 11) is -3.45. The van der Waals surface area contributed by atoms with Crippen LogP contribution in [0.3, 0.4) is 0 Å². The Balaban J connectivity index is 1.34. The lowest BCUT2D eigenvalue weighted by atomic mass is 9.95. The van der Waals surface area contributed by atoms with Crippen LogP contribution >= 0.6 is 27.5 Å².